The second-order valence-corrected chi connectivity index (χ2v) is 4.95. The van der Waals surface area contributed by atoms with Crippen molar-refractivity contribution in [1.29, 1.82) is 10.5 Å². The smallest absolute Gasteiger partial charge is 0.337 e. The molecular formula is C18H14N4O2. The fourth-order valence-electron chi connectivity index (χ4n) is 2.01. The molecule has 0 atom stereocenters. The van der Waals surface area contributed by atoms with Crippen LogP contribution in [0.2, 0.25) is 0 Å². The van der Waals surface area contributed by atoms with Gasteiger partial charge in [0.2, 0.25) is 0 Å². The molecule has 0 unspecified atom stereocenters. The minimum absolute atomic E-state index is 0.0736. The summed E-state index contributed by atoms with van der Waals surface area (Å²) in [5.74, 6) is -1.09. The van der Waals surface area contributed by atoms with Gasteiger partial charge in [0.25, 0.3) is 0 Å². The maximum absolute atomic E-state index is 11.5. The van der Waals surface area contributed by atoms with Crippen molar-refractivity contribution in [3.8, 4) is 12.1 Å². The van der Waals surface area contributed by atoms with Gasteiger partial charge in [-0.1, -0.05) is 23.8 Å². The van der Waals surface area contributed by atoms with Gasteiger partial charge in [-0.25, -0.2) is 4.79 Å². The van der Waals surface area contributed by atoms with Crippen LogP contribution in [-0.2, 0) is 0 Å². The van der Waals surface area contributed by atoms with Gasteiger partial charge in [-0.3, -0.25) is 0 Å². The highest BCUT2D eigenvalue weighted by atomic mass is 16.4. The molecule has 118 valence electrons. The summed E-state index contributed by atoms with van der Waals surface area (Å²) >= 11 is 0. The number of hydrogen-bond donors (Lipinski definition) is 3. The first-order chi connectivity index (χ1) is 11.5. The number of para-hydroxylation sites is 1. The Kier molecular flexibility index (Phi) is 5.17. The molecule has 2 rings (SSSR count). The number of allylic oxidation sites excluding steroid dienone is 1. The van der Waals surface area contributed by atoms with E-state index in [2.05, 4.69) is 10.6 Å². The van der Waals surface area contributed by atoms with Gasteiger partial charge in [-0.2, -0.15) is 10.5 Å². The number of carbonyl (C=O) groups is 1. The Labute approximate surface area is 139 Å². The Morgan fingerprint density at radius 2 is 1.79 bits per heavy atom. The fraction of sp³-hybridized carbons (Fsp3) is 0.0556. The SMILES string of the molecule is Cc1ccc(Nc2c(NC=C(C#N)C#N)cccc2C(=O)O)cc1. The largest absolute Gasteiger partial charge is 0.478 e. The van der Waals surface area contributed by atoms with Gasteiger partial charge >= 0.3 is 5.97 Å². The molecule has 0 bridgehead atoms. The van der Waals surface area contributed by atoms with E-state index in [9.17, 15) is 9.90 Å². The summed E-state index contributed by atoms with van der Waals surface area (Å²) in [5, 5.41) is 32.8. The predicted molar refractivity (Wildman–Crippen MR) is 90.8 cm³/mol. The zero-order valence-electron chi connectivity index (χ0n) is 12.9. The predicted octanol–water partition coefficient (Wildman–Crippen LogP) is 3.78. The zero-order valence-corrected chi connectivity index (χ0v) is 12.9. The zero-order chi connectivity index (χ0) is 17.5. The van der Waals surface area contributed by atoms with E-state index in [0.29, 0.717) is 11.4 Å². The molecule has 0 radical (unpaired) electrons. The van der Waals surface area contributed by atoms with E-state index in [4.69, 9.17) is 10.5 Å². The molecule has 6 nitrogen and oxygen atoms in total. The first kappa shape index (κ1) is 16.6. The van der Waals surface area contributed by atoms with Gasteiger partial charge in [0.1, 0.15) is 17.7 Å². The summed E-state index contributed by atoms with van der Waals surface area (Å²) in [6, 6.07) is 15.7. The third kappa shape index (κ3) is 3.90. The number of nitrogens with zero attached hydrogens (tertiary/aromatic N) is 2. The maximum Gasteiger partial charge on any atom is 0.337 e. The fourth-order valence-corrected chi connectivity index (χ4v) is 2.01. The van der Waals surface area contributed by atoms with Crippen LogP contribution in [-0.4, -0.2) is 11.1 Å². The Morgan fingerprint density at radius 1 is 1.12 bits per heavy atom. The van der Waals surface area contributed by atoms with Gasteiger partial charge < -0.3 is 15.7 Å². The quantitative estimate of drug-likeness (QED) is 0.724. The van der Waals surface area contributed by atoms with Gasteiger partial charge in [0, 0.05) is 11.9 Å². The Morgan fingerprint density at radius 3 is 2.38 bits per heavy atom. The van der Waals surface area contributed by atoms with Crippen molar-refractivity contribution in [3.63, 3.8) is 0 Å². The number of aromatic carboxylic acids is 1. The lowest BCUT2D eigenvalue weighted by Gasteiger charge is -2.15. The molecule has 0 saturated heterocycles. The summed E-state index contributed by atoms with van der Waals surface area (Å²) in [6.07, 6.45) is 1.24. The minimum Gasteiger partial charge on any atom is -0.478 e. The Hall–Kier alpha value is -3.77. The highest BCUT2D eigenvalue weighted by Gasteiger charge is 2.14. The standard InChI is InChI=1S/C18H14N4O2/c1-12-5-7-14(8-6-12)22-17-15(18(23)24)3-2-4-16(17)21-11-13(9-19)10-20/h2-8,11,21-22H,1H3,(H,23,24). The molecule has 3 N–H and O–H groups in total. The van der Waals surface area contributed by atoms with Gasteiger partial charge in [-0.05, 0) is 31.2 Å². The molecule has 2 aromatic rings. The number of nitriles is 2. The van der Waals surface area contributed by atoms with E-state index >= 15 is 0 Å². The lowest BCUT2D eigenvalue weighted by molar-refractivity contribution is 0.0698. The summed E-state index contributed by atoms with van der Waals surface area (Å²) in [6.45, 7) is 1.96. The van der Waals surface area contributed by atoms with Crippen LogP contribution in [0.25, 0.3) is 0 Å². The average molecular weight is 318 g/mol. The van der Waals surface area contributed by atoms with Crippen LogP contribution in [0.3, 0.4) is 0 Å². The third-order valence-corrected chi connectivity index (χ3v) is 3.23. The molecule has 0 spiro atoms. The second kappa shape index (κ2) is 7.48. The van der Waals surface area contributed by atoms with Crippen LogP contribution >= 0.6 is 0 Å². The van der Waals surface area contributed by atoms with Crippen LogP contribution in [0, 0.1) is 29.6 Å². The van der Waals surface area contributed by atoms with Crippen molar-refractivity contribution in [1.82, 2.24) is 0 Å². The van der Waals surface area contributed by atoms with Crippen LogP contribution in [0.1, 0.15) is 15.9 Å². The van der Waals surface area contributed by atoms with E-state index < -0.39 is 5.97 Å². The first-order valence-electron chi connectivity index (χ1n) is 7.02. The first-order valence-corrected chi connectivity index (χ1v) is 7.02. The molecule has 0 fully saturated rings. The number of aryl methyl sites for hydroxylation is 1. The lowest BCUT2D eigenvalue weighted by atomic mass is 10.1. The summed E-state index contributed by atoms with van der Waals surface area (Å²) in [4.78, 5) is 11.5. The van der Waals surface area contributed by atoms with Gasteiger partial charge in [0.15, 0.2) is 0 Å². The highest BCUT2D eigenvalue weighted by Crippen LogP contribution is 2.30. The van der Waals surface area contributed by atoms with Crippen molar-refractivity contribution < 1.29 is 9.90 Å². The molecule has 0 aliphatic carbocycles. The second-order valence-electron chi connectivity index (χ2n) is 4.95. The number of carboxylic acid groups (broad SMARTS) is 1. The molecule has 0 amide bonds. The Bertz CT molecular complexity index is 855. The number of anilines is 3. The van der Waals surface area contributed by atoms with Crippen LogP contribution in [0.15, 0.2) is 54.2 Å². The van der Waals surface area contributed by atoms with E-state index in [1.54, 1.807) is 24.3 Å². The van der Waals surface area contributed by atoms with E-state index in [0.717, 1.165) is 11.3 Å². The van der Waals surface area contributed by atoms with E-state index in [-0.39, 0.29) is 11.1 Å². The average Bonchev–Trinajstić information content (AvgIpc) is 2.58. The molecular weight excluding hydrogens is 304 g/mol. The minimum atomic E-state index is -1.09. The normalized spacial score (nSPS) is 9.29. The monoisotopic (exact) mass is 318 g/mol. The number of hydrogen-bond acceptors (Lipinski definition) is 5. The number of benzene rings is 2. The third-order valence-electron chi connectivity index (χ3n) is 3.23. The topological polar surface area (TPSA) is 109 Å². The van der Waals surface area contributed by atoms with Crippen molar-refractivity contribution in [2.24, 2.45) is 0 Å². The molecule has 0 heterocycles. The molecule has 0 aliphatic rings. The molecule has 24 heavy (non-hydrogen) atoms. The number of nitrogens with one attached hydrogen (secondary N) is 2. The number of carboxylic acids is 1. The van der Waals surface area contributed by atoms with Gasteiger partial charge in [0.05, 0.1) is 16.9 Å². The van der Waals surface area contributed by atoms with Crippen LogP contribution in [0.5, 0.6) is 0 Å². The molecule has 2 aromatic carbocycles. The van der Waals surface area contributed by atoms with Crippen LogP contribution < -0.4 is 10.6 Å². The van der Waals surface area contributed by atoms with E-state index in [1.165, 1.54) is 12.3 Å². The molecule has 0 aliphatic heterocycles. The van der Waals surface area contributed by atoms with Gasteiger partial charge in [-0.15, -0.1) is 0 Å². The summed E-state index contributed by atoms with van der Waals surface area (Å²) in [5.41, 5.74) is 2.56. The Balaban J connectivity index is 2.44. The van der Waals surface area contributed by atoms with E-state index in [1.807, 2.05) is 31.2 Å². The summed E-state index contributed by atoms with van der Waals surface area (Å²) < 4.78 is 0. The van der Waals surface area contributed by atoms with Crippen molar-refractivity contribution in [2.75, 3.05) is 10.6 Å². The van der Waals surface area contributed by atoms with Crippen molar-refractivity contribution in [2.45, 2.75) is 6.92 Å². The lowest BCUT2D eigenvalue weighted by Crippen LogP contribution is -2.06. The molecule has 0 saturated carbocycles. The highest BCUT2D eigenvalue weighted by molar-refractivity contribution is 5.99. The molecule has 6 heteroatoms. The molecule has 0 aromatic heterocycles. The van der Waals surface area contributed by atoms with Crippen molar-refractivity contribution in [3.05, 3.63) is 65.4 Å². The number of rotatable bonds is 5. The van der Waals surface area contributed by atoms with Crippen molar-refractivity contribution >= 4 is 23.0 Å². The van der Waals surface area contributed by atoms with Crippen LogP contribution in [0.4, 0.5) is 17.1 Å². The maximum atomic E-state index is 11.5. The summed E-state index contributed by atoms with van der Waals surface area (Å²) in [7, 11) is 0.